The molecule has 0 fully saturated rings. The molecule has 0 saturated carbocycles. The van der Waals surface area contributed by atoms with E-state index in [-0.39, 0.29) is 0 Å². The van der Waals surface area contributed by atoms with E-state index in [1.807, 2.05) is 32.0 Å². The first-order valence-electron chi connectivity index (χ1n) is 4.18. The van der Waals surface area contributed by atoms with E-state index < -0.39 is 5.91 Å². The molecule has 0 aliphatic carbocycles. The second kappa shape index (κ2) is 4.41. The van der Waals surface area contributed by atoms with Crippen molar-refractivity contribution in [1.82, 2.24) is 0 Å². The molecule has 14 heavy (non-hydrogen) atoms. The Morgan fingerprint density at radius 2 is 1.93 bits per heavy atom. The number of aryl methyl sites for hydroxylation is 2. The quantitative estimate of drug-likeness (QED) is 0.425. The van der Waals surface area contributed by atoms with Crippen molar-refractivity contribution in [3.8, 4) is 0 Å². The Bertz CT molecular complexity index is 352. The summed E-state index contributed by atoms with van der Waals surface area (Å²) in [5.41, 5.74) is 2.84. The smallest absolute Gasteiger partial charge is 0.270 e. The van der Waals surface area contributed by atoms with Gasteiger partial charge in [-0.05, 0) is 37.1 Å². The fourth-order valence-corrected chi connectivity index (χ4v) is 1.27. The number of amides is 1. The van der Waals surface area contributed by atoms with Crippen LogP contribution < -0.4 is 5.32 Å². The SMILES string of the molecule is Cc1cc(C)cc(NC(=O)/C=N/O)c1. The number of benzene rings is 1. The van der Waals surface area contributed by atoms with Crippen LogP contribution in [0.4, 0.5) is 5.69 Å². The summed E-state index contributed by atoms with van der Waals surface area (Å²) in [5.74, 6) is -0.447. The van der Waals surface area contributed by atoms with E-state index in [0.29, 0.717) is 5.69 Å². The van der Waals surface area contributed by atoms with E-state index in [0.717, 1.165) is 17.3 Å². The maximum atomic E-state index is 11.0. The second-order valence-corrected chi connectivity index (χ2v) is 3.11. The molecule has 0 saturated heterocycles. The molecular formula is C10H12N2O2. The van der Waals surface area contributed by atoms with Crippen molar-refractivity contribution < 1.29 is 10.0 Å². The van der Waals surface area contributed by atoms with Gasteiger partial charge in [0.1, 0.15) is 6.21 Å². The molecule has 74 valence electrons. The third-order valence-corrected chi connectivity index (χ3v) is 1.66. The summed E-state index contributed by atoms with van der Waals surface area (Å²) in [4.78, 5) is 11.0. The van der Waals surface area contributed by atoms with Crippen molar-refractivity contribution in [2.75, 3.05) is 5.32 Å². The van der Waals surface area contributed by atoms with Crippen molar-refractivity contribution in [3.05, 3.63) is 29.3 Å². The van der Waals surface area contributed by atoms with Gasteiger partial charge in [0.15, 0.2) is 0 Å². The lowest BCUT2D eigenvalue weighted by Crippen LogP contribution is -2.12. The normalized spacial score (nSPS) is 10.4. The summed E-state index contributed by atoms with van der Waals surface area (Å²) in [6.45, 7) is 3.89. The molecule has 4 heteroatoms. The van der Waals surface area contributed by atoms with Crippen LogP contribution in [0.15, 0.2) is 23.4 Å². The van der Waals surface area contributed by atoms with E-state index in [1.165, 1.54) is 0 Å². The van der Waals surface area contributed by atoms with Crippen molar-refractivity contribution in [1.29, 1.82) is 0 Å². The number of oxime groups is 1. The summed E-state index contributed by atoms with van der Waals surface area (Å²) in [6, 6.07) is 5.70. The largest absolute Gasteiger partial charge is 0.411 e. The maximum absolute atomic E-state index is 11.0. The van der Waals surface area contributed by atoms with Crippen molar-refractivity contribution in [3.63, 3.8) is 0 Å². The molecule has 0 aliphatic rings. The Hall–Kier alpha value is -1.84. The van der Waals surface area contributed by atoms with Gasteiger partial charge in [-0.15, -0.1) is 0 Å². The van der Waals surface area contributed by atoms with Crippen LogP contribution >= 0.6 is 0 Å². The predicted molar refractivity (Wildman–Crippen MR) is 54.8 cm³/mol. The van der Waals surface area contributed by atoms with Crippen LogP contribution in [0.25, 0.3) is 0 Å². The molecule has 1 rings (SSSR count). The van der Waals surface area contributed by atoms with E-state index in [4.69, 9.17) is 5.21 Å². The first-order valence-corrected chi connectivity index (χ1v) is 4.18. The lowest BCUT2D eigenvalue weighted by atomic mass is 10.1. The Labute approximate surface area is 82.2 Å². The topological polar surface area (TPSA) is 61.7 Å². The number of nitrogens with one attached hydrogen (secondary N) is 1. The van der Waals surface area contributed by atoms with Crippen LogP contribution in [0, 0.1) is 13.8 Å². The Kier molecular flexibility index (Phi) is 3.23. The zero-order valence-corrected chi connectivity index (χ0v) is 8.11. The summed E-state index contributed by atoms with van der Waals surface area (Å²) < 4.78 is 0. The molecule has 0 atom stereocenters. The molecule has 0 heterocycles. The maximum Gasteiger partial charge on any atom is 0.270 e. The fraction of sp³-hybridized carbons (Fsp3) is 0.200. The average Bonchev–Trinajstić information content (AvgIpc) is 2.01. The van der Waals surface area contributed by atoms with E-state index in [2.05, 4.69) is 10.5 Å². The van der Waals surface area contributed by atoms with E-state index in [1.54, 1.807) is 0 Å². The molecule has 0 unspecified atom stereocenters. The van der Waals surface area contributed by atoms with Crippen LogP contribution in [0.2, 0.25) is 0 Å². The molecule has 4 nitrogen and oxygen atoms in total. The first kappa shape index (κ1) is 10.2. The van der Waals surface area contributed by atoms with Crippen LogP contribution in [-0.2, 0) is 4.79 Å². The number of carbonyl (C=O) groups is 1. The number of rotatable bonds is 2. The molecule has 0 aromatic heterocycles. The Balaban J connectivity index is 2.81. The van der Waals surface area contributed by atoms with Crippen LogP contribution in [0.5, 0.6) is 0 Å². The Morgan fingerprint density at radius 1 is 1.36 bits per heavy atom. The standard InChI is InChI=1S/C10H12N2O2/c1-7-3-8(2)5-9(4-7)12-10(13)6-11-14/h3-6,14H,1-2H3,(H,12,13)/b11-6+. The van der Waals surface area contributed by atoms with Crippen LogP contribution in [0.1, 0.15) is 11.1 Å². The minimum Gasteiger partial charge on any atom is -0.411 e. The molecule has 0 aliphatic heterocycles. The number of hydrogen-bond acceptors (Lipinski definition) is 3. The van der Waals surface area contributed by atoms with E-state index >= 15 is 0 Å². The van der Waals surface area contributed by atoms with Gasteiger partial charge in [-0.2, -0.15) is 0 Å². The molecule has 0 bridgehead atoms. The highest BCUT2D eigenvalue weighted by molar-refractivity contribution is 6.31. The van der Waals surface area contributed by atoms with Gasteiger partial charge < -0.3 is 10.5 Å². The number of hydrogen-bond donors (Lipinski definition) is 2. The highest BCUT2D eigenvalue weighted by Crippen LogP contribution is 2.13. The van der Waals surface area contributed by atoms with Gasteiger partial charge in [0.2, 0.25) is 0 Å². The molecule has 0 radical (unpaired) electrons. The summed E-state index contributed by atoms with van der Waals surface area (Å²) in [6.07, 6.45) is 0.817. The van der Waals surface area contributed by atoms with Gasteiger partial charge in [0.25, 0.3) is 5.91 Å². The zero-order valence-electron chi connectivity index (χ0n) is 8.11. The molecular weight excluding hydrogens is 180 g/mol. The highest BCUT2D eigenvalue weighted by atomic mass is 16.4. The van der Waals surface area contributed by atoms with Crippen LogP contribution in [0.3, 0.4) is 0 Å². The predicted octanol–water partition coefficient (Wildman–Crippen LogP) is 1.70. The van der Waals surface area contributed by atoms with Gasteiger partial charge in [0, 0.05) is 5.69 Å². The number of carbonyl (C=O) groups excluding carboxylic acids is 1. The summed E-state index contributed by atoms with van der Waals surface area (Å²) >= 11 is 0. The molecule has 2 N–H and O–H groups in total. The summed E-state index contributed by atoms with van der Waals surface area (Å²) in [7, 11) is 0. The molecule has 0 spiro atoms. The monoisotopic (exact) mass is 192 g/mol. The second-order valence-electron chi connectivity index (χ2n) is 3.11. The summed E-state index contributed by atoms with van der Waals surface area (Å²) in [5, 5.41) is 13.3. The van der Waals surface area contributed by atoms with Gasteiger partial charge >= 0.3 is 0 Å². The Morgan fingerprint density at radius 3 is 2.43 bits per heavy atom. The van der Waals surface area contributed by atoms with Gasteiger partial charge in [0.05, 0.1) is 0 Å². The molecule has 1 aromatic rings. The van der Waals surface area contributed by atoms with Gasteiger partial charge in [-0.1, -0.05) is 11.2 Å². The fourth-order valence-electron chi connectivity index (χ4n) is 1.27. The number of nitrogens with zero attached hydrogens (tertiary/aromatic N) is 1. The van der Waals surface area contributed by atoms with E-state index in [9.17, 15) is 4.79 Å². The van der Waals surface area contributed by atoms with Crippen molar-refractivity contribution in [2.24, 2.45) is 5.16 Å². The van der Waals surface area contributed by atoms with Crippen molar-refractivity contribution in [2.45, 2.75) is 13.8 Å². The number of anilines is 1. The van der Waals surface area contributed by atoms with Crippen LogP contribution in [-0.4, -0.2) is 17.3 Å². The van der Waals surface area contributed by atoms with Gasteiger partial charge in [-0.25, -0.2) is 0 Å². The first-order chi connectivity index (χ1) is 6.61. The minimum absolute atomic E-state index is 0.447. The minimum atomic E-state index is -0.447. The zero-order chi connectivity index (χ0) is 10.6. The van der Waals surface area contributed by atoms with Gasteiger partial charge in [-0.3, -0.25) is 4.79 Å². The third kappa shape index (κ3) is 2.90. The third-order valence-electron chi connectivity index (χ3n) is 1.66. The average molecular weight is 192 g/mol. The lowest BCUT2D eigenvalue weighted by molar-refractivity contribution is -0.110. The lowest BCUT2D eigenvalue weighted by Gasteiger charge is -2.04. The molecule has 1 amide bonds. The molecule has 1 aromatic carbocycles. The highest BCUT2D eigenvalue weighted by Gasteiger charge is 1.99. The van der Waals surface area contributed by atoms with Crippen molar-refractivity contribution >= 4 is 17.8 Å².